The molecule has 3 nitrogen and oxygen atoms in total. The molecule has 19 heavy (non-hydrogen) atoms. The van der Waals surface area contributed by atoms with Crippen molar-refractivity contribution < 1.29 is 4.92 Å². The Hall–Kier alpha value is -1.65. The molecule has 0 saturated carbocycles. The largest absolute Gasteiger partial charge is 0.277 e. The monoisotopic (exact) mass is 337 g/mol. The third-order valence-corrected chi connectivity index (χ3v) is 3.34. The SMILES string of the molecule is O=[N+]([O-])/C(=C/c1ccc(Br)cc1Cl)c1ccccc1. The summed E-state index contributed by atoms with van der Waals surface area (Å²) in [6, 6.07) is 14.0. The summed E-state index contributed by atoms with van der Waals surface area (Å²) in [5.41, 5.74) is 1.18. The van der Waals surface area contributed by atoms with E-state index in [1.807, 2.05) is 6.07 Å². The maximum atomic E-state index is 11.2. The Balaban J connectivity index is 2.51. The zero-order valence-electron chi connectivity index (χ0n) is 9.72. The molecule has 2 aromatic carbocycles. The van der Waals surface area contributed by atoms with E-state index in [0.717, 1.165) is 4.47 Å². The number of hydrogen-bond acceptors (Lipinski definition) is 2. The minimum Gasteiger partial charge on any atom is -0.258 e. The van der Waals surface area contributed by atoms with Crippen molar-refractivity contribution in [3.8, 4) is 0 Å². The standard InChI is InChI=1S/C14H9BrClNO2/c15-12-7-6-11(13(16)9-12)8-14(17(18)19)10-4-2-1-3-5-10/h1-9H/b14-8+. The lowest BCUT2D eigenvalue weighted by Gasteiger charge is -2.01. The van der Waals surface area contributed by atoms with Gasteiger partial charge in [-0.15, -0.1) is 0 Å². The van der Waals surface area contributed by atoms with E-state index in [9.17, 15) is 10.1 Å². The van der Waals surface area contributed by atoms with Crippen molar-refractivity contribution in [3.63, 3.8) is 0 Å². The summed E-state index contributed by atoms with van der Waals surface area (Å²) in [5.74, 6) is 0. The second-order valence-corrected chi connectivity index (χ2v) is 5.14. The molecule has 0 bridgehead atoms. The average Bonchev–Trinajstić information content (AvgIpc) is 2.38. The van der Waals surface area contributed by atoms with Crippen LogP contribution in [0.5, 0.6) is 0 Å². The van der Waals surface area contributed by atoms with Gasteiger partial charge in [0.05, 0.1) is 10.5 Å². The van der Waals surface area contributed by atoms with Gasteiger partial charge in [0.25, 0.3) is 5.70 Å². The molecular formula is C14H9BrClNO2. The summed E-state index contributed by atoms with van der Waals surface area (Å²) in [4.78, 5) is 10.8. The van der Waals surface area contributed by atoms with Crippen LogP contribution in [0.2, 0.25) is 5.02 Å². The van der Waals surface area contributed by atoms with Crippen LogP contribution in [0.25, 0.3) is 11.8 Å². The van der Waals surface area contributed by atoms with Crippen LogP contribution in [0.1, 0.15) is 11.1 Å². The Morgan fingerprint density at radius 2 is 1.89 bits per heavy atom. The number of benzene rings is 2. The van der Waals surface area contributed by atoms with Crippen molar-refractivity contribution in [1.29, 1.82) is 0 Å². The lowest BCUT2D eigenvalue weighted by atomic mass is 10.1. The summed E-state index contributed by atoms with van der Waals surface area (Å²) in [7, 11) is 0. The van der Waals surface area contributed by atoms with Crippen molar-refractivity contribution in [1.82, 2.24) is 0 Å². The zero-order chi connectivity index (χ0) is 13.8. The molecule has 0 aliphatic heterocycles. The fourth-order valence-electron chi connectivity index (χ4n) is 1.62. The molecule has 2 rings (SSSR count). The lowest BCUT2D eigenvalue weighted by molar-refractivity contribution is -0.374. The zero-order valence-corrected chi connectivity index (χ0v) is 12.1. The van der Waals surface area contributed by atoms with Crippen LogP contribution in [-0.4, -0.2) is 4.92 Å². The highest BCUT2D eigenvalue weighted by atomic mass is 79.9. The Kier molecular flexibility index (Phi) is 4.35. The fraction of sp³-hybridized carbons (Fsp3) is 0. The Morgan fingerprint density at radius 1 is 1.21 bits per heavy atom. The van der Waals surface area contributed by atoms with Crippen LogP contribution in [0, 0.1) is 10.1 Å². The Labute approximate surface area is 123 Å². The molecule has 0 heterocycles. The molecular weight excluding hydrogens is 330 g/mol. The number of rotatable bonds is 3. The van der Waals surface area contributed by atoms with Crippen molar-refractivity contribution in [3.05, 3.63) is 79.3 Å². The van der Waals surface area contributed by atoms with Gasteiger partial charge in [-0.1, -0.05) is 51.8 Å². The number of hydrogen-bond donors (Lipinski definition) is 0. The van der Waals surface area contributed by atoms with Crippen molar-refractivity contribution >= 4 is 39.3 Å². The minimum absolute atomic E-state index is 0.0184. The smallest absolute Gasteiger partial charge is 0.258 e. The van der Waals surface area contributed by atoms with E-state index in [1.54, 1.807) is 42.5 Å². The van der Waals surface area contributed by atoms with Gasteiger partial charge in [0.1, 0.15) is 0 Å². The second kappa shape index (κ2) is 5.99. The second-order valence-electron chi connectivity index (χ2n) is 3.82. The van der Waals surface area contributed by atoms with Crippen LogP contribution in [0.3, 0.4) is 0 Å². The van der Waals surface area contributed by atoms with E-state index in [-0.39, 0.29) is 5.70 Å². The first-order valence-electron chi connectivity index (χ1n) is 5.44. The molecule has 0 saturated heterocycles. The number of nitrogens with zero attached hydrogens (tertiary/aromatic N) is 1. The third kappa shape index (κ3) is 3.43. The van der Waals surface area contributed by atoms with Gasteiger partial charge in [-0.05, 0) is 29.8 Å². The molecule has 0 fully saturated rings. The van der Waals surface area contributed by atoms with E-state index >= 15 is 0 Å². The van der Waals surface area contributed by atoms with Gasteiger partial charge in [-0.3, -0.25) is 10.1 Å². The fourth-order valence-corrected chi connectivity index (χ4v) is 2.34. The normalized spacial score (nSPS) is 11.4. The highest BCUT2D eigenvalue weighted by molar-refractivity contribution is 9.10. The molecule has 5 heteroatoms. The lowest BCUT2D eigenvalue weighted by Crippen LogP contribution is -1.97. The van der Waals surface area contributed by atoms with Gasteiger partial charge in [0, 0.05) is 15.6 Å². The van der Waals surface area contributed by atoms with Gasteiger partial charge >= 0.3 is 0 Å². The van der Waals surface area contributed by atoms with E-state index in [4.69, 9.17) is 11.6 Å². The van der Waals surface area contributed by atoms with E-state index < -0.39 is 4.92 Å². The summed E-state index contributed by atoms with van der Waals surface area (Å²) in [6.45, 7) is 0. The predicted molar refractivity (Wildman–Crippen MR) is 80.5 cm³/mol. The molecule has 2 aromatic rings. The van der Waals surface area contributed by atoms with Gasteiger partial charge in [0.15, 0.2) is 0 Å². The van der Waals surface area contributed by atoms with Crippen LogP contribution in [0.4, 0.5) is 0 Å². The summed E-state index contributed by atoms with van der Waals surface area (Å²) in [5, 5.41) is 11.6. The third-order valence-electron chi connectivity index (χ3n) is 2.52. The molecule has 0 aliphatic rings. The summed E-state index contributed by atoms with van der Waals surface area (Å²) >= 11 is 9.37. The molecule has 0 N–H and O–H groups in total. The molecule has 0 spiro atoms. The molecule has 0 unspecified atom stereocenters. The first-order chi connectivity index (χ1) is 9.08. The van der Waals surface area contributed by atoms with Gasteiger partial charge in [-0.2, -0.15) is 0 Å². The average molecular weight is 339 g/mol. The van der Waals surface area contributed by atoms with E-state index in [2.05, 4.69) is 15.9 Å². The molecule has 0 atom stereocenters. The van der Waals surface area contributed by atoms with Crippen molar-refractivity contribution in [2.45, 2.75) is 0 Å². The summed E-state index contributed by atoms with van der Waals surface area (Å²) < 4.78 is 0.831. The van der Waals surface area contributed by atoms with E-state index in [0.29, 0.717) is 16.1 Å². The Bertz CT molecular complexity index is 641. The Morgan fingerprint density at radius 3 is 2.47 bits per heavy atom. The maximum Gasteiger partial charge on any atom is 0.277 e. The first kappa shape index (κ1) is 13.8. The minimum atomic E-state index is -0.409. The topological polar surface area (TPSA) is 43.1 Å². The van der Waals surface area contributed by atoms with Crippen molar-refractivity contribution in [2.75, 3.05) is 0 Å². The molecule has 0 amide bonds. The van der Waals surface area contributed by atoms with E-state index in [1.165, 1.54) is 6.08 Å². The molecule has 0 aromatic heterocycles. The number of halogens is 2. The van der Waals surface area contributed by atoms with Crippen LogP contribution in [0.15, 0.2) is 53.0 Å². The highest BCUT2D eigenvalue weighted by Crippen LogP contribution is 2.26. The highest BCUT2D eigenvalue weighted by Gasteiger charge is 2.14. The quantitative estimate of drug-likeness (QED) is 0.455. The number of nitro groups is 1. The molecule has 0 radical (unpaired) electrons. The molecule has 0 aliphatic carbocycles. The van der Waals surface area contributed by atoms with Crippen molar-refractivity contribution in [2.24, 2.45) is 0 Å². The molecule has 96 valence electrons. The first-order valence-corrected chi connectivity index (χ1v) is 6.61. The van der Waals surface area contributed by atoms with Gasteiger partial charge in [-0.25, -0.2) is 0 Å². The van der Waals surface area contributed by atoms with Gasteiger partial charge in [0.2, 0.25) is 0 Å². The van der Waals surface area contributed by atoms with Crippen LogP contribution >= 0.6 is 27.5 Å². The maximum absolute atomic E-state index is 11.2. The van der Waals surface area contributed by atoms with Crippen LogP contribution in [-0.2, 0) is 0 Å². The van der Waals surface area contributed by atoms with Crippen LogP contribution < -0.4 is 0 Å². The van der Waals surface area contributed by atoms with Gasteiger partial charge < -0.3 is 0 Å². The summed E-state index contributed by atoms with van der Waals surface area (Å²) in [6.07, 6.45) is 1.48. The predicted octanol–water partition coefficient (Wildman–Crippen LogP) is 4.88.